The largest absolute Gasteiger partial charge is 0.277 e. The van der Waals surface area contributed by atoms with Crippen LogP contribution in [0.1, 0.15) is 11.3 Å². The van der Waals surface area contributed by atoms with Crippen LogP contribution in [0.5, 0.6) is 0 Å². The third kappa shape index (κ3) is 2.76. The minimum Gasteiger partial charge on any atom is -0.277 e. The summed E-state index contributed by atoms with van der Waals surface area (Å²) in [7, 11) is -2.21. The van der Waals surface area contributed by atoms with Gasteiger partial charge in [-0.25, -0.2) is 12.8 Å². The molecule has 0 fully saturated rings. The van der Waals surface area contributed by atoms with Crippen molar-refractivity contribution < 1.29 is 12.8 Å². The molecular weight excluding hydrogens is 269 g/mol. The van der Waals surface area contributed by atoms with E-state index in [0.29, 0.717) is 5.69 Å². The van der Waals surface area contributed by atoms with Crippen LogP contribution in [0.15, 0.2) is 29.3 Å². The summed E-state index contributed by atoms with van der Waals surface area (Å²) in [5.74, 6) is -0.615. The minimum atomic E-state index is -3.84. The average Bonchev–Trinajstić information content (AvgIpc) is 2.63. The maximum Gasteiger partial charge on any atom is 0.265 e. The average molecular weight is 283 g/mol. The lowest BCUT2D eigenvalue weighted by Gasteiger charge is -2.08. The van der Waals surface area contributed by atoms with Crippen LogP contribution in [0.2, 0.25) is 0 Å². The van der Waals surface area contributed by atoms with Crippen molar-refractivity contribution >= 4 is 15.7 Å². The first-order valence-corrected chi connectivity index (χ1v) is 7.07. The third-order valence-corrected chi connectivity index (χ3v) is 4.09. The van der Waals surface area contributed by atoms with Crippen LogP contribution in [0, 0.1) is 19.7 Å². The van der Waals surface area contributed by atoms with Crippen molar-refractivity contribution in [1.29, 1.82) is 0 Å². The van der Waals surface area contributed by atoms with Gasteiger partial charge in [0.2, 0.25) is 0 Å². The van der Waals surface area contributed by atoms with Crippen molar-refractivity contribution in [3.8, 4) is 0 Å². The Kier molecular flexibility index (Phi) is 3.32. The first-order valence-electron chi connectivity index (χ1n) is 5.59. The Morgan fingerprint density at radius 3 is 2.58 bits per heavy atom. The first kappa shape index (κ1) is 13.5. The number of rotatable bonds is 3. The maximum absolute atomic E-state index is 13.6. The first-order chi connectivity index (χ1) is 8.79. The van der Waals surface area contributed by atoms with Gasteiger partial charge in [-0.1, -0.05) is 6.07 Å². The van der Waals surface area contributed by atoms with E-state index >= 15 is 0 Å². The van der Waals surface area contributed by atoms with Gasteiger partial charge in [0.25, 0.3) is 10.0 Å². The van der Waals surface area contributed by atoms with E-state index in [1.54, 1.807) is 27.0 Å². The van der Waals surface area contributed by atoms with E-state index in [-0.39, 0.29) is 10.6 Å². The second kappa shape index (κ2) is 4.65. The van der Waals surface area contributed by atoms with E-state index < -0.39 is 15.8 Å². The summed E-state index contributed by atoms with van der Waals surface area (Å²) < 4.78 is 41.6. The van der Waals surface area contributed by atoms with Crippen LogP contribution in [-0.2, 0) is 17.1 Å². The summed E-state index contributed by atoms with van der Waals surface area (Å²) >= 11 is 0. The van der Waals surface area contributed by atoms with E-state index in [1.807, 2.05) is 0 Å². The lowest BCUT2D eigenvalue weighted by molar-refractivity contribution is 0.598. The van der Waals surface area contributed by atoms with Crippen molar-refractivity contribution in [2.45, 2.75) is 18.7 Å². The molecule has 0 radical (unpaired) electrons. The van der Waals surface area contributed by atoms with Crippen LogP contribution in [0.3, 0.4) is 0 Å². The van der Waals surface area contributed by atoms with Crippen LogP contribution >= 0.6 is 0 Å². The van der Waals surface area contributed by atoms with E-state index in [4.69, 9.17) is 0 Å². The molecule has 7 heteroatoms. The van der Waals surface area contributed by atoms with Crippen molar-refractivity contribution in [2.75, 3.05) is 4.72 Å². The third-order valence-electron chi connectivity index (χ3n) is 2.62. The van der Waals surface area contributed by atoms with Gasteiger partial charge < -0.3 is 0 Å². The number of halogens is 1. The zero-order valence-corrected chi connectivity index (χ0v) is 11.6. The number of benzene rings is 1. The smallest absolute Gasteiger partial charge is 0.265 e. The molecule has 0 spiro atoms. The molecule has 1 aromatic carbocycles. The highest BCUT2D eigenvalue weighted by atomic mass is 32.2. The Balaban J connectivity index is 2.42. The highest BCUT2D eigenvalue weighted by Crippen LogP contribution is 2.21. The topological polar surface area (TPSA) is 64.0 Å². The number of nitrogens with zero attached hydrogens (tertiary/aromatic N) is 2. The highest BCUT2D eigenvalue weighted by Gasteiger charge is 2.21. The van der Waals surface area contributed by atoms with E-state index in [1.165, 1.54) is 23.0 Å². The van der Waals surface area contributed by atoms with Crippen molar-refractivity contribution in [1.82, 2.24) is 9.78 Å². The molecule has 0 aliphatic heterocycles. The Labute approximate surface area is 111 Å². The predicted molar refractivity (Wildman–Crippen MR) is 69.9 cm³/mol. The normalized spacial score (nSPS) is 11.6. The quantitative estimate of drug-likeness (QED) is 0.936. The molecule has 0 saturated carbocycles. The molecule has 2 rings (SSSR count). The number of aromatic nitrogens is 2. The Hall–Kier alpha value is -1.89. The van der Waals surface area contributed by atoms with Gasteiger partial charge in [-0.15, -0.1) is 0 Å². The van der Waals surface area contributed by atoms with Gasteiger partial charge in [0.05, 0.1) is 11.4 Å². The SMILES string of the molecule is Cc1ccc(F)c(NS(=O)(=O)c2cn(C)nc2C)c1. The number of hydrogen-bond donors (Lipinski definition) is 1. The highest BCUT2D eigenvalue weighted by molar-refractivity contribution is 7.92. The molecular formula is C12H14FN3O2S. The molecule has 1 aromatic heterocycles. The Bertz CT molecular complexity index is 723. The van der Waals surface area contributed by atoms with Gasteiger partial charge in [0, 0.05) is 13.2 Å². The van der Waals surface area contributed by atoms with Crippen LogP contribution in [0.4, 0.5) is 10.1 Å². The zero-order chi connectivity index (χ0) is 14.2. The zero-order valence-electron chi connectivity index (χ0n) is 10.8. The lowest BCUT2D eigenvalue weighted by Crippen LogP contribution is -2.14. The van der Waals surface area contributed by atoms with Gasteiger partial charge in [0.1, 0.15) is 10.7 Å². The van der Waals surface area contributed by atoms with Crippen LogP contribution in [0.25, 0.3) is 0 Å². The standard InChI is InChI=1S/C12H14FN3O2S/c1-8-4-5-10(13)11(6-8)15-19(17,18)12-7-16(3)14-9(12)2/h4-7,15H,1-3H3. The molecule has 5 nitrogen and oxygen atoms in total. The van der Waals surface area contributed by atoms with E-state index in [9.17, 15) is 12.8 Å². The molecule has 0 saturated heterocycles. The van der Waals surface area contributed by atoms with Gasteiger partial charge in [-0.3, -0.25) is 9.40 Å². The van der Waals surface area contributed by atoms with Gasteiger partial charge in [-0.2, -0.15) is 5.10 Å². The number of sulfonamides is 1. The molecule has 1 heterocycles. The maximum atomic E-state index is 13.6. The second-order valence-electron chi connectivity index (χ2n) is 4.34. The molecule has 0 aliphatic rings. The molecule has 2 aromatic rings. The van der Waals surface area contributed by atoms with Crippen molar-refractivity contribution in [3.63, 3.8) is 0 Å². The van der Waals surface area contributed by atoms with Crippen molar-refractivity contribution in [2.24, 2.45) is 7.05 Å². The summed E-state index contributed by atoms with van der Waals surface area (Å²) in [6.45, 7) is 3.34. The lowest BCUT2D eigenvalue weighted by atomic mass is 10.2. The predicted octanol–water partition coefficient (Wildman–Crippen LogP) is 1.98. The van der Waals surface area contributed by atoms with Crippen LogP contribution in [-0.4, -0.2) is 18.2 Å². The Morgan fingerprint density at radius 1 is 1.32 bits per heavy atom. The molecule has 0 amide bonds. The number of hydrogen-bond acceptors (Lipinski definition) is 3. The van der Waals surface area contributed by atoms with Gasteiger partial charge in [0.15, 0.2) is 0 Å². The summed E-state index contributed by atoms with van der Waals surface area (Å²) in [6, 6.07) is 4.24. The summed E-state index contributed by atoms with van der Waals surface area (Å²) in [5, 5.41) is 3.96. The van der Waals surface area contributed by atoms with E-state index in [2.05, 4.69) is 9.82 Å². The fourth-order valence-corrected chi connectivity index (χ4v) is 3.04. The number of nitrogens with one attached hydrogen (secondary N) is 1. The van der Waals surface area contributed by atoms with Gasteiger partial charge in [-0.05, 0) is 31.5 Å². The second-order valence-corrected chi connectivity index (χ2v) is 5.99. The fraction of sp³-hybridized carbons (Fsp3) is 0.250. The molecule has 0 aliphatic carbocycles. The molecule has 0 bridgehead atoms. The minimum absolute atomic E-state index is 0.0379. The van der Waals surface area contributed by atoms with Crippen molar-refractivity contribution in [3.05, 3.63) is 41.5 Å². The monoisotopic (exact) mass is 283 g/mol. The molecule has 0 unspecified atom stereocenters. The summed E-state index contributed by atoms with van der Waals surface area (Å²) in [6.07, 6.45) is 1.38. The Morgan fingerprint density at radius 2 is 2.00 bits per heavy atom. The summed E-state index contributed by atoms with van der Waals surface area (Å²) in [5.41, 5.74) is 1.06. The number of anilines is 1. The molecule has 102 valence electrons. The summed E-state index contributed by atoms with van der Waals surface area (Å²) in [4.78, 5) is 0.0379. The van der Waals surface area contributed by atoms with Crippen LogP contribution < -0.4 is 4.72 Å². The van der Waals surface area contributed by atoms with Gasteiger partial charge >= 0.3 is 0 Å². The number of aryl methyl sites for hydroxylation is 3. The molecule has 1 N–H and O–H groups in total. The van der Waals surface area contributed by atoms with E-state index in [0.717, 1.165) is 5.56 Å². The fourth-order valence-electron chi connectivity index (χ4n) is 1.76. The molecule has 0 atom stereocenters. The molecule has 19 heavy (non-hydrogen) atoms.